The Morgan fingerprint density at radius 3 is 2.86 bits per heavy atom. The second-order valence-electron chi connectivity index (χ2n) is 7.54. The number of carbonyl (C=O) groups excluding carboxylic acids is 1. The summed E-state index contributed by atoms with van der Waals surface area (Å²) in [5, 5.41) is 10.6. The number of rotatable bonds is 1. The van der Waals surface area contributed by atoms with Crippen LogP contribution in [0.1, 0.15) is 62.2 Å². The molecule has 0 spiro atoms. The number of ketones is 1. The molecule has 3 heteroatoms. The van der Waals surface area contributed by atoms with Crippen LogP contribution in [0.25, 0.3) is 0 Å². The molecular weight excluding hydrogens is 276 g/mol. The molecule has 0 aliphatic heterocycles. The summed E-state index contributed by atoms with van der Waals surface area (Å²) >= 11 is 0. The number of hydrogen-bond donors (Lipinski definition) is 1. The summed E-state index contributed by atoms with van der Waals surface area (Å²) in [6.45, 7) is 2.17. The Hall–Kier alpha value is -1.35. The molecule has 3 aliphatic rings. The highest BCUT2D eigenvalue weighted by molar-refractivity contribution is 5.87. The number of fused-ring (bicyclic) bond motifs is 5. The summed E-state index contributed by atoms with van der Waals surface area (Å²) < 4.78 is 5.31. The smallest absolute Gasteiger partial charge is 0.139 e. The predicted octanol–water partition coefficient (Wildman–Crippen LogP) is 3.61. The highest BCUT2D eigenvalue weighted by atomic mass is 16.5. The minimum atomic E-state index is -0.426. The zero-order valence-electron chi connectivity index (χ0n) is 13.3. The van der Waals surface area contributed by atoms with Crippen LogP contribution < -0.4 is 4.74 Å². The van der Waals surface area contributed by atoms with E-state index < -0.39 is 6.10 Å². The molecule has 3 aliphatic carbocycles. The van der Waals surface area contributed by atoms with Gasteiger partial charge in [-0.3, -0.25) is 4.79 Å². The summed E-state index contributed by atoms with van der Waals surface area (Å²) in [5.74, 6) is 2.65. The summed E-state index contributed by atoms with van der Waals surface area (Å²) in [5.41, 5.74) is 2.18. The molecule has 2 saturated carbocycles. The fourth-order valence-electron chi connectivity index (χ4n) is 5.46. The fourth-order valence-corrected chi connectivity index (χ4v) is 5.46. The molecule has 22 heavy (non-hydrogen) atoms. The van der Waals surface area contributed by atoms with Gasteiger partial charge in [-0.1, -0.05) is 13.0 Å². The molecule has 2 fully saturated rings. The monoisotopic (exact) mass is 300 g/mol. The SMILES string of the molecule is COc1ccc2c(c1)[C@H](O)C[C@@H]1[C@@H]2CC[C@]2(C)C(=O)CC[C@@H]12. The Kier molecular flexibility index (Phi) is 3.12. The van der Waals surface area contributed by atoms with Crippen molar-refractivity contribution in [3.63, 3.8) is 0 Å². The highest BCUT2D eigenvalue weighted by Gasteiger charge is 2.55. The average molecular weight is 300 g/mol. The zero-order valence-corrected chi connectivity index (χ0v) is 13.3. The predicted molar refractivity (Wildman–Crippen MR) is 83.9 cm³/mol. The highest BCUT2D eigenvalue weighted by Crippen LogP contribution is 2.61. The van der Waals surface area contributed by atoms with Crippen molar-refractivity contribution in [2.75, 3.05) is 7.11 Å². The van der Waals surface area contributed by atoms with Gasteiger partial charge in [-0.25, -0.2) is 0 Å². The second-order valence-corrected chi connectivity index (χ2v) is 7.54. The van der Waals surface area contributed by atoms with Gasteiger partial charge in [-0.15, -0.1) is 0 Å². The number of Topliss-reactive ketones (excluding diaryl/α,β-unsaturated/α-hetero) is 1. The van der Waals surface area contributed by atoms with Crippen LogP contribution in [0.3, 0.4) is 0 Å². The van der Waals surface area contributed by atoms with Crippen LogP contribution in [0.5, 0.6) is 5.75 Å². The average Bonchev–Trinajstić information content (AvgIpc) is 2.83. The van der Waals surface area contributed by atoms with Gasteiger partial charge in [0.25, 0.3) is 0 Å². The van der Waals surface area contributed by atoms with E-state index in [4.69, 9.17) is 4.74 Å². The quantitative estimate of drug-likeness (QED) is 0.862. The Bertz CT molecular complexity index is 623. The first-order chi connectivity index (χ1) is 10.5. The lowest BCUT2D eigenvalue weighted by atomic mass is 9.55. The van der Waals surface area contributed by atoms with Crippen molar-refractivity contribution in [3.05, 3.63) is 29.3 Å². The van der Waals surface area contributed by atoms with Gasteiger partial charge in [0.15, 0.2) is 0 Å². The van der Waals surface area contributed by atoms with Crippen LogP contribution in [-0.2, 0) is 4.79 Å². The van der Waals surface area contributed by atoms with Crippen molar-refractivity contribution in [1.29, 1.82) is 0 Å². The molecule has 0 aromatic heterocycles. The molecule has 118 valence electrons. The lowest BCUT2D eigenvalue weighted by Crippen LogP contribution is -2.43. The van der Waals surface area contributed by atoms with Crippen molar-refractivity contribution in [1.82, 2.24) is 0 Å². The standard InChI is InChI=1S/C19H24O3/c1-19-8-7-13-12-4-3-11(22-2)9-15(12)17(20)10-14(13)16(19)5-6-18(19)21/h3-4,9,13-14,16-17,20H,5-8,10H2,1-2H3/t13-,14-,16+,17-,19+/m1/s1. The first kappa shape index (κ1) is 14.3. The third-order valence-electron chi connectivity index (χ3n) is 6.69. The summed E-state index contributed by atoms with van der Waals surface area (Å²) in [6.07, 6.45) is 4.17. The van der Waals surface area contributed by atoms with Crippen molar-refractivity contribution >= 4 is 5.78 Å². The van der Waals surface area contributed by atoms with E-state index >= 15 is 0 Å². The van der Waals surface area contributed by atoms with E-state index in [-0.39, 0.29) is 5.41 Å². The molecule has 1 aromatic carbocycles. The molecule has 1 aromatic rings. The molecule has 0 unspecified atom stereocenters. The Morgan fingerprint density at radius 1 is 1.27 bits per heavy atom. The maximum absolute atomic E-state index is 12.3. The maximum atomic E-state index is 12.3. The summed E-state index contributed by atoms with van der Waals surface area (Å²) in [4.78, 5) is 12.3. The topological polar surface area (TPSA) is 46.5 Å². The Balaban J connectivity index is 1.74. The van der Waals surface area contributed by atoms with Gasteiger partial charge in [0, 0.05) is 11.8 Å². The van der Waals surface area contributed by atoms with E-state index in [1.165, 1.54) is 5.56 Å². The van der Waals surface area contributed by atoms with Crippen LogP contribution in [0.2, 0.25) is 0 Å². The molecule has 1 N–H and O–H groups in total. The van der Waals surface area contributed by atoms with Crippen LogP contribution in [0.4, 0.5) is 0 Å². The molecule has 0 heterocycles. The normalized spacial score (nSPS) is 39.9. The largest absolute Gasteiger partial charge is 0.497 e. The van der Waals surface area contributed by atoms with E-state index in [0.29, 0.717) is 23.5 Å². The summed E-state index contributed by atoms with van der Waals surface area (Å²) in [6, 6.07) is 6.12. The van der Waals surface area contributed by atoms with E-state index in [2.05, 4.69) is 13.0 Å². The molecule has 4 rings (SSSR count). The molecule has 0 radical (unpaired) electrons. The first-order valence-electron chi connectivity index (χ1n) is 8.44. The number of carbonyl (C=O) groups is 1. The third kappa shape index (κ3) is 1.81. The molecule has 0 amide bonds. The lowest BCUT2D eigenvalue weighted by Gasteiger charge is -2.49. The summed E-state index contributed by atoms with van der Waals surface area (Å²) in [7, 11) is 1.66. The van der Waals surface area contributed by atoms with E-state index in [1.54, 1.807) is 7.11 Å². The second kappa shape index (κ2) is 4.82. The number of hydrogen-bond acceptors (Lipinski definition) is 3. The van der Waals surface area contributed by atoms with Crippen LogP contribution in [0.15, 0.2) is 18.2 Å². The van der Waals surface area contributed by atoms with Crippen molar-refractivity contribution < 1.29 is 14.6 Å². The number of methoxy groups -OCH3 is 1. The molecule has 3 nitrogen and oxygen atoms in total. The molecular formula is C19H24O3. The number of ether oxygens (including phenoxy) is 1. The third-order valence-corrected chi connectivity index (χ3v) is 6.69. The molecule has 5 atom stereocenters. The van der Waals surface area contributed by atoms with Gasteiger partial charge in [0.05, 0.1) is 13.2 Å². The van der Waals surface area contributed by atoms with E-state index in [1.807, 2.05) is 12.1 Å². The Morgan fingerprint density at radius 2 is 2.09 bits per heavy atom. The maximum Gasteiger partial charge on any atom is 0.139 e. The lowest BCUT2D eigenvalue weighted by molar-refractivity contribution is -0.129. The van der Waals surface area contributed by atoms with Crippen LogP contribution in [-0.4, -0.2) is 18.0 Å². The van der Waals surface area contributed by atoms with Gasteiger partial charge in [0.2, 0.25) is 0 Å². The van der Waals surface area contributed by atoms with Crippen molar-refractivity contribution in [2.24, 2.45) is 17.3 Å². The minimum Gasteiger partial charge on any atom is -0.497 e. The van der Waals surface area contributed by atoms with E-state index in [0.717, 1.165) is 43.4 Å². The van der Waals surface area contributed by atoms with Crippen molar-refractivity contribution in [2.45, 2.75) is 51.0 Å². The van der Waals surface area contributed by atoms with Crippen LogP contribution >= 0.6 is 0 Å². The number of aliphatic hydroxyl groups excluding tert-OH is 1. The van der Waals surface area contributed by atoms with Gasteiger partial charge < -0.3 is 9.84 Å². The van der Waals surface area contributed by atoms with Gasteiger partial charge in [0.1, 0.15) is 11.5 Å². The van der Waals surface area contributed by atoms with Crippen molar-refractivity contribution in [3.8, 4) is 5.75 Å². The fraction of sp³-hybridized carbons (Fsp3) is 0.632. The first-order valence-corrected chi connectivity index (χ1v) is 8.44. The van der Waals surface area contributed by atoms with Gasteiger partial charge >= 0.3 is 0 Å². The van der Waals surface area contributed by atoms with Gasteiger partial charge in [-0.2, -0.15) is 0 Å². The van der Waals surface area contributed by atoms with E-state index in [9.17, 15) is 9.90 Å². The minimum absolute atomic E-state index is 0.134. The number of aliphatic hydroxyl groups is 1. The Labute approximate surface area is 131 Å². The van der Waals surface area contributed by atoms with Crippen LogP contribution in [0, 0.1) is 17.3 Å². The number of benzene rings is 1. The molecule has 0 bridgehead atoms. The zero-order chi connectivity index (χ0) is 15.5. The molecule has 0 saturated heterocycles. The van der Waals surface area contributed by atoms with Gasteiger partial charge in [-0.05, 0) is 66.7 Å².